The van der Waals surface area contributed by atoms with E-state index in [0.29, 0.717) is 5.41 Å². The monoisotopic (exact) mass is 378 g/mol. The van der Waals surface area contributed by atoms with Gasteiger partial charge in [0.15, 0.2) is 0 Å². The van der Waals surface area contributed by atoms with Gasteiger partial charge in [0.1, 0.15) is 0 Å². The number of unbranched alkanes of at least 4 members (excludes halogenated alkanes) is 1. The van der Waals surface area contributed by atoms with E-state index in [1.165, 1.54) is 64.2 Å². The molecule has 0 N–H and O–H groups in total. The van der Waals surface area contributed by atoms with Crippen LogP contribution in [0.5, 0.6) is 0 Å². The van der Waals surface area contributed by atoms with Crippen LogP contribution in [0.3, 0.4) is 0 Å². The molecule has 0 radical (unpaired) electrons. The molecule has 1 saturated carbocycles. The van der Waals surface area contributed by atoms with Gasteiger partial charge in [0.2, 0.25) is 0 Å². The fourth-order valence-corrected chi connectivity index (χ4v) is 5.33. The summed E-state index contributed by atoms with van der Waals surface area (Å²) in [5.74, 6) is 6.65. The normalized spacial score (nSPS) is 26.1. The first-order valence-corrected chi connectivity index (χ1v) is 12.6. The zero-order valence-corrected chi connectivity index (χ0v) is 20.6. The molecule has 0 amide bonds. The molecule has 0 heterocycles. The van der Waals surface area contributed by atoms with Crippen molar-refractivity contribution in [3.05, 3.63) is 0 Å². The van der Waals surface area contributed by atoms with Gasteiger partial charge in [0.25, 0.3) is 0 Å². The van der Waals surface area contributed by atoms with Crippen LogP contribution in [0.1, 0.15) is 127 Å². The van der Waals surface area contributed by atoms with Crippen LogP contribution in [0.25, 0.3) is 0 Å². The van der Waals surface area contributed by atoms with E-state index in [0.717, 1.165) is 41.4 Å². The van der Waals surface area contributed by atoms with Crippen molar-refractivity contribution in [1.29, 1.82) is 0 Å². The Morgan fingerprint density at radius 2 is 1.22 bits per heavy atom. The first-order valence-electron chi connectivity index (χ1n) is 12.6. The molecule has 0 aromatic rings. The van der Waals surface area contributed by atoms with Gasteiger partial charge in [0.05, 0.1) is 0 Å². The number of rotatable bonds is 13. The highest BCUT2D eigenvalue weighted by atomic mass is 14.4. The summed E-state index contributed by atoms with van der Waals surface area (Å²) in [5, 5.41) is 0. The molecule has 1 fully saturated rings. The molecule has 0 nitrogen and oxygen atoms in total. The summed E-state index contributed by atoms with van der Waals surface area (Å²) in [6.07, 6.45) is 14.5. The Morgan fingerprint density at radius 3 is 1.74 bits per heavy atom. The van der Waals surface area contributed by atoms with Crippen molar-refractivity contribution in [1.82, 2.24) is 0 Å². The molecule has 0 aromatic heterocycles. The van der Waals surface area contributed by atoms with Crippen molar-refractivity contribution >= 4 is 0 Å². The maximum atomic E-state index is 2.55. The highest BCUT2D eigenvalue weighted by molar-refractivity contribution is 4.87. The molecule has 27 heavy (non-hydrogen) atoms. The second-order valence-electron chi connectivity index (χ2n) is 11.8. The first kappa shape index (κ1) is 25.0. The predicted molar refractivity (Wildman–Crippen MR) is 124 cm³/mol. The Hall–Kier alpha value is 0. The van der Waals surface area contributed by atoms with Gasteiger partial charge in [-0.15, -0.1) is 0 Å². The van der Waals surface area contributed by atoms with Crippen LogP contribution in [0, 0.1) is 46.8 Å². The fraction of sp³-hybridized carbons (Fsp3) is 1.00. The maximum absolute atomic E-state index is 2.55. The highest BCUT2D eigenvalue weighted by Gasteiger charge is 2.37. The first-order chi connectivity index (χ1) is 12.6. The highest BCUT2D eigenvalue weighted by Crippen LogP contribution is 2.46. The summed E-state index contributed by atoms with van der Waals surface area (Å²) >= 11 is 0. The van der Waals surface area contributed by atoms with Crippen molar-refractivity contribution in [2.75, 3.05) is 0 Å². The van der Waals surface area contributed by atoms with Crippen molar-refractivity contribution in [2.45, 2.75) is 127 Å². The van der Waals surface area contributed by atoms with Crippen LogP contribution in [-0.2, 0) is 0 Å². The lowest BCUT2D eigenvalue weighted by Crippen LogP contribution is -2.35. The van der Waals surface area contributed by atoms with Gasteiger partial charge in [-0.3, -0.25) is 0 Å². The largest absolute Gasteiger partial charge is 0.0651 e. The quantitative estimate of drug-likeness (QED) is 0.280. The lowest BCUT2D eigenvalue weighted by atomic mass is 9.61. The summed E-state index contributed by atoms with van der Waals surface area (Å²) in [7, 11) is 0. The Kier molecular flexibility index (Phi) is 11.0. The van der Waals surface area contributed by atoms with Gasteiger partial charge >= 0.3 is 0 Å². The summed E-state index contributed by atoms with van der Waals surface area (Å²) < 4.78 is 0. The molecule has 7 atom stereocenters. The van der Waals surface area contributed by atoms with Gasteiger partial charge in [-0.2, -0.15) is 0 Å². The van der Waals surface area contributed by atoms with Crippen LogP contribution in [0.15, 0.2) is 0 Å². The second-order valence-corrected chi connectivity index (χ2v) is 11.8. The third-order valence-electron chi connectivity index (χ3n) is 8.47. The summed E-state index contributed by atoms with van der Waals surface area (Å²) in [6.45, 7) is 22.0. The molecule has 0 aliphatic heterocycles. The van der Waals surface area contributed by atoms with Crippen molar-refractivity contribution < 1.29 is 0 Å². The van der Waals surface area contributed by atoms with Crippen LogP contribution in [-0.4, -0.2) is 0 Å². The third kappa shape index (κ3) is 8.91. The van der Waals surface area contributed by atoms with Gasteiger partial charge in [-0.1, -0.05) is 107 Å². The lowest BCUT2D eigenvalue weighted by molar-refractivity contribution is 0.0568. The molecule has 0 aromatic carbocycles. The molecule has 0 bridgehead atoms. The van der Waals surface area contributed by atoms with Gasteiger partial charge < -0.3 is 0 Å². The molecule has 0 spiro atoms. The Bertz CT molecular complexity index is 376. The Labute approximate surface area is 173 Å². The van der Waals surface area contributed by atoms with E-state index in [1.807, 2.05) is 0 Å². The minimum atomic E-state index is 0.477. The molecule has 162 valence electrons. The third-order valence-corrected chi connectivity index (χ3v) is 8.47. The van der Waals surface area contributed by atoms with Crippen LogP contribution in [0.4, 0.5) is 0 Å². The topological polar surface area (TPSA) is 0 Å². The standard InChI is InChI=1S/C27H54/c1-10-22(4)25-17-18-26(25)23(5)16-15-21(3)19-20(2)13-11-12-14-24(6)27(7,8)9/h20-26H,10-19H2,1-9H3. The molecule has 1 rings (SSSR count). The molecule has 0 saturated heterocycles. The smallest absolute Gasteiger partial charge is 0.0357 e. The van der Waals surface area contributed by atoms with Gasteiger partial charge in [-0.05, 0) is 66.1 Å². The summed E-state index contributed by atoms with van der Waals surface area (Å²) in [5.41, 5.74) is 0.477. The van der Waals surface area contributed by atoms with Crippen molar-refractivity contribution in [3.63, 3.8) is 0 Å². The van der Waals surface area contributed by atoms with Gasteiger partial charge in [-0.25, -0.2) is 0 Å². The number of hydrogen-bond acceptors (Lipinski definition) is 0. The lowest BCUT2D eigenvalue weighted by Gasteiger charge is -2.44. The molecule has 1 aliphatic carbocycles. The molecule has 1 aliphatic rings. The van der Waals surface area contributed by atoms with E-state index in [-0.39, 0.29) is 0 Å². The Balaban J connectivity index is 2.16. The SMILES string of the molecule is CCC(C)C1CCC1C(C)CCC(C)CC(C)CCCCC(C)C(C)(C)C. The van der Waals surface area contributed by atoms with E-state index in [2.05, 4.69) is 62.3 Å². The second kappa shape index (κ2) is 11.9. The zero-order chi connectivity index (χ0) is 20.6. The minimum Gasteiger partial charge on any atom is -0.0651 e. The molecule has 0 heteroatoms. The average Bonchev–Trinajstić information content (AvgIpc) is 2.54. The molecule has 7 unspecified atom stereocenters. The van der Waals surface area contributed by atoms with Crippen LogP contribution >= 0.6 is 0 Å². The summed E-state index contributed by atoms with van der Waals surface area (Å²) in [4.78, 5) is 0. The number of hydrogen-bond donors (Lipinski definition) is 0. The van der Waals surface area contributed by atoms with Crippen LogP contribution in [0.2, 0.25) is 0 Å². The van der Waals surface area contributed by atoms with Gasteiger partial charge in [0, 0.05) is 0 Å². The van der Waals surface area contributed by atoms with Crippen LogP contribution < -0.4 is 0 Å². The average molecular weight is 379 g/mol. The fourth-order valence-electron chi connectivity index (χ4n) is 5.33. The summed E-state index contributed by atoms with van der Waals surface area (Å²) in [6, 6.07) is 0. The van der Waals surface area contributed by atoms with E-state index in [1.54, 1.807) is 0 Å². The molecular formula is C27H54. The Morgan fingerprint density at radius 1 is 0.704 bits per heavy atom. The minimum absolute atomic E-state index is 0.477. The van der Waals surface area contributed by atoms with E-state index in [4.69, 9.17) is 0 Å². The predicted octanol–water partition coefficient (Wildman–Crippen LogP) is 9.38. The maximum Gasteiger partial charge on any atom is -0.0357 e. The van der Waals surface area contributed by atoms with Crippen molar-refractivity contribution in [3.8, 4) is 0 Å². The van der Waals surface area contributed by atoms with E-state index in [9.17, 15) is 0 Å². The zero-order valence-electron chi connectivity index (χ0n) is 20.6. The van der Waals surface area contributed by atoms with E-state index < -0.39 is 0 Å². The molecular weight excluding hydrogens is 324 g/mol. The van der Waals surface area contributed by atoms with Crippen molar-refractivity contribution in [2.24, 2.45) is 46.8 Å². The van der Waals surface area contributed by atoms with E-state index >= 15 is 0 Å².